The van der Waals surface area contributed by atoms with Crippen molar-refractivity contribution >= 4 is 5.78 Å². The Morgan fingerprint density at radius 3 is 2.36 bits per heavy atom. The summed E-state index contributed by atoms with van der Waals surface area (Å²) in [4.78, 5) is 16.6. The minimum absolute atomic E-state index is 0.0496. The summed E-state index contributed by atoms with van der Waals surface area (Å²) >= 11 is 0. The van der Waals surface area contributed by atoms with Crippen molar-refractivity contribution in [1.29, 1.82) is 0 Å². The van der Waals surface area contributed by atoms with E-state index in [1.54, 1.807) is 0 Å². The number of morpholine rings is 1. The van der Waals surface area contributed by atoms with Gasteiger partial charge in [0.1, 0.15) is 5.75 Å². The average molecular weight is 495 g/mol. The highest BCUT2D eigenvalue weighted by atomic mass is 16.5. The number of nitrogens with one attached hydrogen (secondary N) is 1. The zero-order valence-corrected chi connectivity index (χ0v) is 22.9. The van der Waals surface area contributed by atoms with Crippen molar-refractivity contribution in [3.8, 4) is 5.75 Å². The first kappa shape index (κ1) is 28.4. The topological polar surface area (TPSA) is 50.8 Å². The Kier molecular flexibility index (Phi) is 11.4. The Morgan fingerprint density at radius 2 is 1.75 bits per heavy atom. The first-order valence-corrected chi connectivity index (χ1v) is 13.9. The van der Waals surface area contributed by atoms with Crippen LogP contribution in [0.15, 0.2) is 48.5 Å². The predicted octanol–water partition coefficient (Wildman–Crippen LogP) is 6.22. The second-order valence-corrected chi connectivity index (χ2v) is 10.1. The molecule has 5 nitrogen and oxygen atoms in total. The van der Waals surface area contributed by atoms with Crippen LogP contribution in [-0.2, 0) is 11.2 Å². The van der Waals surface area contributed by atoms with E-state index in [4.69, 9.17) is 9.47 Å². The third kappa shape index (κ3) is 7.41. The van der Waals surface area contributed by atoms with Gasteiger partial charge in [-0.2, -0.15) is 0 Å². The minimum atomic E-state index is -0.584. The van der Waals surface area contributed by atoms with Crippen LogP contribution in [-0.4, -0.2) is 56.1 Å². The van der Waals surface area contributed by atoms with Gasteiger partial charge in [0.15, 0.2) is 5.78 Å². The highest BCUT2D eigenvalue weighted by Gasteiger charge is 2.41. The molecule has 0 amide bonds. The van der Waals surface area contributed by atoms with E-state index in [1.165, 1.54) is 5.56 Å². The first-order chi connectivity index (χ1) is 17.5. The van der Waals surface area contributed by atoms with Crippen molar-refractivity contribution in [1.82, 2.24) is 10.2 Å². The number of ether oxygens (including phenoxy) is 2. The van der Waals surface area contributed by atoms with E-state index in [0.717, 1.165) is 88.2 Å². The van der Waals surface area contributed by atoms with Gasteiger partial charge in [-0.1, -0.05) is 76.4 Å². The molecule has 3 rings (SSSR count). The summed E-state index contributed by atoms with van der Waals surface area (Å²) in [7, 11) is 2.13. The molecule has 1 N–H and O–H groups in total. The maximum atomic E-state index is 14.3. The number of unbranched alkanes of at least 4 members (excludes halogenated alkanes) is 2. The summed E-state index contributed by atoms with van der Waals surface area (Å²) in [5.74, 6) is 1.11. The third-order valence-corrected chi connectivity index (χ3v) is 7.32. The molecule has 1 aliphatic rings. The quantitative estimate of drug-likeness (QED) is 0.235. The standard InChI is InChI=1S/C31H46N2O3/c1-5-8-20-33(4)31(18-7-3,23-25-10-16-28(17-11-25)35-21-9-6-2)30(34)27-14-12-26(13-15-27)29-24-32-19-22-36-29/h10-17,29,32H,5-9,18-24H2,1-4H3. The van der Waals surface area contributed by atoms with E-state index >= 15 is 0 Å². The number of Topliss-reactive ketones (excluding diaryl/α,β-unsaturated/α-hetero) is 1. The highest BCUT2D eigenvalue weighted by Crippen LogP contribution is 2.32. The van der Waals surface area contributed by atoms with Gasteiger partial charge in [0.25, 0.3) is 0 Å². The number of ketones is 1. The fraction of sp³-hybridized carbons (Fsp3) is 0.581. The predicted molar refractivity (Wildman–Crippen MR) is 148 cm³/mol. The number of benzene rings is 2. The van der Waals surface area contributed by atoms with Crippen molar-refractivity contribution in [3.05, 3.63) is 65.2 Å². The lowest BCUT2D eigenvalue weighted by atomic mass is 9.78. The SMILES string of the molecule is CCCCOc1ccc(CC(CCC)(C(=O)c2ccc(C3CNCCO3)cc2)N(C)CCCC)cc1. The van der Waals surface area contributed by atoms with Gasteiger partial charge < -0.3 is 14.8 Å². The molecule has 1 fully saturated rings. The van der Waals surface area contributed by atoms with E-state index in [0.29, 0.717) is 6.42 Å². The molecule has 2 unspecified atom stereocenters. The van der Waals surface area contributed by atoms with Crippen LogP contribution in [0.5, 0.6) is 5.75 Å². The van der Waals surface area contributed by atoms with Crippen molar-refractivity contribution in [2.45, 2.75) is 77.4 Å². The van der Waals surface area contributed by atoms with Crippen molar-refractivity contribution in [3.63, 3.8) is 0 Å². The molecule has 1 heterocycles. The van der Waals surface area contributed by atoms with Gasteiger partial charge in [0.2, 0.25) is 0 Å². The maximum Gasteiger partial charge on any atom is 0.183 e. The monoisotopic (exact) mass is 494 g/mol. The summed E-state index contributed by atoms with van der Waals surface area (Å²) in [6.45, 7) is 10.6. The van der Waals surface area contributed by atoms with E-state index in [-0.39, 0.29) is 11.9 Å². The van der Waals surface area contributed by atoms with E-state index < -0.39 is 5.54 Å². The van der Waals surface area contributed by atoms with Crippen LogP contribution in [0, 0.1) is 0 Å². The normalized spacial score (nSPS) is 17.6. The molecule has 36 heavy (non-hydrogen) atoms. The number of carbonyl (C=O) groups excluding carboxylic acids is 1. The van der Waals surface area contributed by atoms with E-state index in [9.17, 15) is 4.79 Å². The minimum Gasteiger partial charge on any atom is -0.494 e. The third-order valence-electron chi connectivity index (χ3n) is 7.32. The molecule has 0 aliphatic carbocycles. The van der Waals surface area contributed by atoms with E-state index in [1.807, 2.05) is 24.3 Å². The molecule has 0 spiro atoms. The van der Waals surface area contributed by atoms with Crippen LogP contribution in [0.4, 0.5) is 0 Å². The van der Waals surface area contributed by atoms with Crippen LogP contribution in [0.25, 0.3) is 0 Å². The lowest BCUT2D eigenvalue weighted by Crippen LogP contribution is -2.55. The number of carbonyl (C=O) groups is 1. The largest absolute Gasteiger partial charge is 0.494 e. The Hall–Kier alpha value is -2.21. The lowest BCUT2D eigenvalue weighted by molar-refractivity contribution is 0.0276. The fourth-order valence-corrected chi connectivity index (χ4v) is 5.08. The Bertz CT molecular complexity index is 906. The number of hydrogen-bond donors (Lipinski definition) is 1. The number of nitrogens with zero attached hydrogens (tertiary/aromatic N) is 1. The van der Waals surface area contributed by atoms with Crippen LogP contribution in [0.1, 0.15) is 86.9 Å². The number of likely N-dealkylation sites (N-methyl/N-ethyl adjacent to an activating group) is 1. The van der Waals surface area contributed by atoms with Crippen LogP contribution in [0.2, 0.25) is 0 Å². The zero-order chi connectivity index (χ0) is 25.8. The fourth-order valence-electron chi connectivity index (χ4n) is 5.08. The summed E-state index contributed by atoms with van der Waals surface area (Å²) in [5.41, 5.74) is 2.48. The van der Waals surface area contributed by atoms with Crippen molar-refractivity contribution < 1.29 is 14.3 Å². The average Bonchev–Trinajstić information content (AvgIpc) is 2.92. The molecule has 1 aliphatic heterocycles. The van der Waals surface area contributed by atoms with E-state index in [2.05, 4.69) is 62.3 Å². The summed E-state index contributed by atoms with van der Waals surface area (Å²) < 4.78 is 11.8. The van der Waals surface area contributed by atoms with Gasteiger partial charge in [-0.15, -0.1) is 0 Å². The molecular formula is C31H46N2O3. The molecule has 0 aromatic heterocycles. The van der Waals surface area contributed by atoms with Crippen LogP contribution < -0.4 is 10.1 Å². The number of rotatable bonds is 15. The second-order valence-electron chi connectivity index (χ2n) is 10.1. The van der Waals surface area contributed by atoms with Gasteiger partial charge in [-0.05, 0) is 62.5 Å². The number of hydrogen-bond acceptors (Lipinski definition) is 5. The second kappa shape index (κ2) is 14.5. The lowest BCUT2D eigenvalue weighted by Gasteiger charge is -2.41. The van der Waals surface area contributed by atoms with Crippen molar-refractivity contribution in [2.75, 3.05) is 39.9 Å². The molecule has 1 saturated heterocycles. The maximum absolute atomic E-state index is 14.3. The Balaban J connectivity index is 1.86. The summed E-state index contributed by atoms with van der Waals surface area (Å²) in [6, 6.07) is 16.5. The van der Waals surface area contributed by atoms with Crippen LogP contribution >= 0.6 is 0 Å². The summed E-state index contributed by atoms with van der Waals surface area (Å²) in [6.07, 6.45) is 6.85. The molecule has 0 bridgehead atoms. The molecule has 2 aromatic carbocycles. The molecule has 5 heteroatoms. The molecule has 198 valence electrons. The van der Waals surface area contributed by atoms with Gasteiger partial charge in [0.05, 0.1) is 24.9 Å². The molecule has 0 radical (unpaired) electrons. The zero-order valence-electron chi connectivity index (χ0n) is 22.9. The molecular weight excluding hydrogens is 448 g/mol. The van der Waals surface area contributed by atoms with Gasteiger partial charge in [-0.25, -0.2) is 0 Å². The van der Waals surface area contributed by atoms with Gasteiger partial charge in [0, 0.05) is 18.7 Å². The van der Waals surface area contributed by atoms with Crippen LogP contribution in [0.3, 0.4) is 0 Å². The van der Waals surface area contributed by atoms with Gasteiger partial charge in [-0.3, -0.25) is 9.69 Å². The smallest absolute Gasteiger partial charge is 0.183 e. The van der Waals surface area contributed by atoms with Gasteiger partial charge >= 0.3 is 0 Å². The molecule has 0 saturated carbocycles. The summed E-state index contributed by atoms with van der Waals surface area (Å²) in [5, 5.41) is 3.38. The van der Waals surface area contributed by atoms with Crippen molar-refractivity contribution in [2.24, 2.45) is 0 Å². The molecule has 2 aromatic rings. The highest BCUT2D eigenvalue weighted by molar-refractivity contribution is 6.03. The molecule has 2 atom stereocenters. The Morgan fingerprint density at radius 1 is 1.03 bits per heavy atom. The first-order valence-electron chi connectivity index (χ1n) is 13.9. The Labute approximate surface area is 218 Å².